The normalized spacial score (nSPS) is 18.7. The molecule has 1 aliphatic rings. The minimum absolute atomic E-state index is 0.256. The van der Waals surface area contributed by atoms with Crippen molar-refractivity contribution in [1.82, 2.24) is 14.8 Å². The summed E-state index contributed by atoms with van der Waals surface area (Å²) in [5.41, 5.74) is -4.53. The van der Waals surface area contributed by atoms with Gasteiger partial charge in [-0.3, -0.25) is 0 Å². The number of hydrogen-bond acceptors (Lipinski definition) is 4. The second kappa shape index (κ2) is 4.55. The van der Waals surface area contributed by atoms with E-state index in [1.165, 1.54) is 4.68 Å². The van der Waals surface area contributed by atoms with Gasteiger partial charge in [0.15, 0.2) is 0 Å². The average molecular weight is 317 g/mol. The molecule has 2 aromatic rings. The number of sulfone groups is 1. The number of aryl methyl sites for hydroxylation is 1. The van der Waals surface area contributed by atoms with Crippen molar-refractivity contribution in [2.75, 3.05) is 0 Å². The van der Waals surface area contributed by atoms with E-state index in [-0.39, 0.29) is 11.9 Å². The van der Waals surface area contributed by atoms with Crippen LogP contribution in [0.1, 0.15) is 23.9 Å². The van der Waals surface area contributed by atoms with E-state index in [4.69, 9.17) is 0 Å². The van der Waals surface area contributed by atoms with E-state index in [2.05, 4.69) is 10.1 Å². The maximum atomic E-state index is 12.5. The average Bonchev–Trinajstić information content (AvgIpc) is 2.98. The van der Waals surface area contributed by atoms with Gasteiger partial charge in [-0.1, -0.05) is 30.3 Å². The Morgan fingerprint density at radius 3 is 2.48 bits per heavy atom. The van der Waals surface area contributed by atoms with Crippen LogP contribution in [0.15, 0.2) is 35.5 Å². The van der Waals surface area contributed by atoms with Crippen LogP contribution < -0.4 is 0 Å². The van der Waals surface area contributed by atoms with E-state index in [9.17, 15) is 21.6 Å². The molecule has 0 N–H and O–H groups in total. The predicted molar refractivity (Wildman–Crippen MR) is 66.2 cm³/mol. The number of halogens is 3. The van der Waals surface area contributed by atoms with Gasteiger partial charge >= 0.3 is 15.3 Å². The van der Waals surface area contributed by atoms with Crippen molar-refractivity contribution < 1.29 is 21.6 Å². The fourth-order valence-electron chi connectivity index (χ4n) is 2.34. The molecule has 0 bridgehead atoms. The molecule has 9 heteroatoms. The zero-order valence-corrected chi connectivity index (χ0v) is 11.4. The molecule has 21 heavy (non-hydrogen) atoms. The molecule has 3 rings (SSSR count). The minimum atomic E-state index is -5.50. The van der Waals surface area contributed by atoms with Gasteiger partial charge in [-0.15, -0.1) is 5.10 Å². The van der Waals surface area contributed by atoms with Crippen LogP contribution in [0.25, 0.3) is 0 Å². The Balaban J connectivity index is 2.03. The number of benzene rings is 1. The summed E-state index contributed by atoms with van der Waals surface area (Å²) >= 11 is 0. The van der Waals surface area contributed by atoms with Gasteiger partial charge in [0.1, 0.15) is 5.82 Å². The van der Waals surface area contributed by atoms with Gasteiger partial charge in [0, 0.05) is 6.42 Å². The minimum Gasteiger partial charge on any atom is -0.241 e. The second-order valence-corrected chi connectivity index (χ2v) is 6.50. The van der Waals surface area contributed by atoms with Crippen molar-refractivity contribution in [1.29, 1.82) is 0 Å². The van der Waals surface area contributed by atoms with Crippen LogP contribution in [-0.2, 0) is 16.3 Å². The highest BCUT2D eigenvalue weighted by atomic mass is 32.2. The van der Waals surface area contributed by atoms with Crippen LogP contribution in [0.4, 0.5) is 13.2 Å². The summed E-state index contributed by atoms with van der Waals surface area (Å²) in [4.78, 5) is 3.55. The Labute approximate surface area is 118 Å². The zero-order chi connectivity index (χ0) is 15.3. The SMILES string of the molecule is O=S(=O)(c1nc2n(n1)C(c1ccccc1)CC2)C(F)(F)F. The van der Waals surface area contributed by atoms with E-state index in [0.717, 1.165) is 5.56 Å². The monoisotopic (exact) mass is 317 g/mol. The summed E-state index contributed by atoms with van der Waals surface area (Å²) < 4.78 is 61.5. The smallest absolute Gasteiger partial charge is 0.241 e. The Morgan fingerprint density at radius 2 is 1.86 bits per heavy atom. The lowest BCUT2D eigenvalue weighted by atomic mass is 10.1. The highest BCUT2D eigenvalue weighted by Gasteiger charge is 2.50. The third-order valence-electron chi connectivity index (χ3n) is 3.35. The molecular formula is C12H10F3N3O2S. The van der Waals surface area contributed by atoms with E-state index in [1.807, 2.05) is 18.2 Å². The van der Waals surface area contributed by atoms with Gasteiger partial charge in [0.25, 0.3) is 5.16 Å². The summed E-state index contributed by atoms with van der Waals surface area (Å²) in [6.45, 7) is 0. The fourth-order valence-corrected chi connectivity index (χ4v) is 2.97. The number of hydrogen-bond donors (Lipinski definition) is 0. The molecule has 112 valence electrons. The van der Waals surface area contributed by atoms with Gasteiger partial charge in [0.2, 0.25) is 0 Å². The number of rotatable bonds is 2. The predicted octanol–water partition coefficient (Wildman–Crippen LogP) is 2.11. The molecule has 1 aliphatic heterocycles. The summed E-state index contributed by atoms with van der Waals surface area (Å²) in [5, 5.41) is 2.41. The van der Waals surface area contributed by atoms with Crippen molar-refractivity contribution in [3.63, 3.8) is 0 Å². The second-order valence-electron chi connectivity index (χ2n) is 4.67. The van der Waals surface area contributed by atoms with Crippen LogP contribution in [0, 0.1) is 0 Å². The molecule has 0 radical (unpaired) electrons. The number of fused-ring (bicyclic) bond motifs is 1. The first-order valence-electron chi connectivity index (χ1n) is 6.12. The molecule has 1 unspecified atom stereocenters. The highest BCUT2D eigenvalue weighted by Crippen LogP contribution is 2.33. The molecule has 0 saturated heterocycles. The maximum Gasteiger partial charge on any atom is 0.505 e. The quantitative estimate of drug-likeness (QED) is 0.851. The third-order valence-corrected chi connectivity index (χ3v) is 4.61. The van der Waals surface area contributed by atoms with Crippen molar-refractivity contribution in [3.05, 3.63) is 41.7 Å². The van der Waals surface area contributed by atoms with Crippen LogP contribution in [0.3, 0.4) is 0 Å². The molecule has 5 nitrogen and oxygen atoms in total. The van der Waals surface area contributed by atoms with Crippen LogP contribution >= 0.6 is 0 Å². The van der Waals surface area contributed by atoms with E-state index < -0.39 is 20.5 Å². The zero-order valence-electron chi connectivity index (χ0n) is 10.6. The van der Waals surface area contributed by atoms with Crippen LogP contribution in [0.5, 0.6) is 0 Å². The Hall–Kier alpha value is -1.90. The third kappa shape index (κ3) is 2.21. The molecule has 0 saturated carbocycles. The lowest BCUT2D eigenvalue weighted by Gasteiger charge is -2.11. The van der Waals surface area contributed by atoms with Crippen molar-refractivity contribution in [3.8, 4) is 0 Å². The summed E-state index contributed by atoms with van der Waals surface area (Å²) in [6, 6.07) is 8.78. The van der Waals surface area contributed by atoms with Gasteiger partial charge < -0.3 is 0 Å². The highest BCUT2D eigenvalue weighted by molar-refractivity contribution is 7.92. The first kappa shape index (κ1) is 14.1. The van der Waals surface area contributed by atoms with Crippen molar-refractivity contribution in [2.24, 2.45) is 0 Å². The molecule has 0 aliphatic carbocycles. The molecular weight excluding hydrogens is 307 g/mol. The Morgan fingerprint density at radius 1 is 1.19 bits per heavy atom. The first-order chi connectivity index (χ1) is 9.80. The molecule has 1 aromatic carbocycles. The Kier molecular flexibility index (Phi) is 3.05. The summed E-state index contributed by atoms with van der Waals surface area (Å²) in [5.74, 6) is 0.256. The fraction of sp³-hybridized carbons (Fsp3) is 0.333. The number of aromatic nitrogens is 3. The number of nitrogens with zero attached hydrogens (tertiary/aromatic N) is 3. The molecule has 2 heterocycles. The van der Waals surface area contributed by atoms with Gasteiger partial charge in [-0.25, -0.2) is 18.1 Å². The molecule has 1 atom stereocenters. The van der Waals surface area contributed by atoms with Gasteiger partial charge in [0.05, 0.1) is 6.04 Å². The summed E-state index contributed by atoms with van der Waals surface area (Å²) in [7, 11) is -5.50. The topological polar surface area (TPSA) is 64.8 Å². The van der Waals surface area contributed by atoms with Gasteiger partial charge in [-0.2, -0.15) is 13.2 Å². The van der Waals surface area contributed by atoms with E-state index in [0.29, 0.717) is 12.8 Å². The summed E-state index contributed by atoms with van der Waals surface area (Å²) in [6.07, 6.45) is 1.02. The molecule has 1 aromatic heterocycles. The maximum absolute atomic E-state index is 12.5. The van der Waals surface area contributed by atoms with E-state index in [1.54, 1.807) is 12.1 Å². The molecule has 0 spiro atoms. The Bertz CT molecular complexity index is 769. The van der Waals surface area contributed by atoms with Crippen LogP contribution in [-0.4, -0.2) is 28.7 Å². The van der Waals surface area contributed by atoms with Crippen molar-refractivity contribution >= 4 is 9.84 Å². The van der Waals surface area contributed by atoms with Crippen molar-refractivity contribution in [2.45, 2.75) is 29.5 Å². The first-order valence-corrected chi connectivity index (χ1v) is 7.61. The van der Waals surface area contributed by atoms with E-state index >= 15 is 0 Å². The standard InChI is InChI=1S/C12H10F3N3O2S/c13-12(14,15)21(19,20)11-16-10-7-6-9(18(10)17-11)8-4-2-1-3-5-8/h1-5,9H,6-7H2. The lowest BCUT2D eigenvalue weighted by molar-refractivity contribution is -0.0440. The number of alkyl halides is 3. The van der Waals surface area contributed by atoms with Crippen LogP contribution in [0.2, 0.25) is 0 Å². The molecule has 0 amide bonds. The van der Waals surface area contributed by atoms with Gasteiger partial charge in [-0.05, 0) is 12.0 Å². The largest absolute Gasteiger partial charge is 0.505 e. The molecule has 0 fully saturated rings. The lowest BCUT2D eigenvalue weighted by Crippen LogP contribution is -2.25.